The molecule has 0 aliphatic heterocycles. The molecule has 0 aromatic heterocycles. The zero-order chi connectivity index (χ0) is 14.6. The van der Waals surface area contributed by atoms with E-state index in [1.54, 1.807) is 18.2 Å². The van der Waals surface area contributed by atoms with Crippen molar-refractivity contribution in [1.82, 2.24) is 0 Å². The summed E-state index contributed by atoms with van der Waals surface area (Å²) in [5.41, 5.74) is 1.06. The van der Waals surface area contributed by atoms with Gasteiger partial charge in [0.1, 0.15) is 0 Å². The lowest BCUT2D eigenvalue weighted by Gasteiger charge is -2.08. The van der Waals surface area contributed by atoms with E-state index in [0.717, 1.165) is 0 Å². The zero-order valence-corrected chi connectivity index (χ0v) is 11.1. The molecule has 0 heterocycles. The molecule has 2 aromatic rings. The second kappa shape index (κ2) is 5.43. The number of hydrogen-bond donors (Lipinski definition) is 1. The Hall–Kier alpha value is -2.83. The number of nitrogens with zero attached hydrogens (tertiary/aromatic N) is 2. The summed E-state index contributed by atoms with van der Waals surface area (Å²) in [6, 6.07) is 15.6. The second-order valence-corrected chi connectivity index (χ2v) is 5.62. The Morgan fingerprint density at radius 3 is 2.15 bits per heavy atom. The van der Waals surface area contributed by atoms with Crippen LogP contribution >= 0.6 is 0 Å². The van der Waals surface area contributed by atoms with Crippen molar-refractivity contribution in [3.05, 3.63) is 59.7 Å². The van der Waals surface area contributed by atoms with Crippen LogP contribution in [0, 0.1) is 22.7 Å². The minimum atomic E-state index is -3.73. The first-order valence-corrected chi connectivity index (χ1v) is 7.06. The van der Waals surface area contributed by atoms with E-state index in [0.29, 0.717) is 16.8 Å². The molecule has 2 aromatic carbocycles. The molecule has 0 atom stereocenters. The molecule has 6 heteroatoms. The van der Waals surface area contributed by atoms with Crippen LogP contribution in [0.4, 0.5) is 5.69 Å². The molecule has 0 radical (unpaired) electrons. The van der Waals surface area contributed by atoms with Gasteiger partial charge in [-0.2, -0.15) is 10.5 Å². The molecule has 0 fully saturated rings. The fourth-order valence-electron chi connectivity index (χ4n) is 1.57. The van der Waals surface area contributed by atoms with Gasteiger partial charge < -0.3 is 0 Å². The fourth-order valence-corrected chi connectivity index (χ4v) is 2.62. The highest BCUT2D eigenvalue weighted by atomic mass is 32.2. The summed E-state index contributed by atoms with van der Waals surface area (Å²) >= 11 is 0. The van der Waals surface area contributed by atoms with Crippen molar-refractivity contribution in [2.75, 3.05) is 4.72 Å². The Bertz CT molecular complexity index is 813. The van der Waals surface area contributed by atoms with Crippen LogP contribution in [0.5, 0.6) is 0 Å². The van der Waals surface area contributed by atoms with Crippen molar-refractivity contribution in [3.8, 4) is 12.1 Å². The van der Waals surface area contributed by atoms with Crippen molar-refractivity contribution in [1.29, 1.82) is 10.5 Å². The summed E-state index contributed by atoms with van der Waals surface area (Å²) in [4.78, 5) is 0.0545. The van der Waals surface area contributed by atoms with Crippen molar-refractivity contribution < 1.29 is 8.42 Å². The maximum atomic E-state index is 12.1. The molecule has 0 aliphatic rings. The van der Waals surface area contributed by atoms with Crippen molar-refractivity contribution >= 4 is 15.7 Å². The van der Waals surface area contributed by atoms with E-state index in [-0.39, 0.29) is 4.90 Å². The molecule has 1 N–H and O–H groups in total. The lowest BCUT2D eigenvalue weighted by molar-refractivity contribution is 0.601. The molecule has 0 bridgehead atoms. The van der Waals surface area contributed by atoms with Crippen LogP contribution in [-0.2, 0) is 10.0 Å². The molecule has 98 valence electrons. The van der Waals surface area contributed by atoms with Crippen molar-refractivity contribution in [2.45, 2.75) is 4.90 Å². The lowest BCUT2D eigenvalue weighted by Crippen LogP contribution is -2.12. The van der Waals surface area contributed by atoms with Crippen molar-refractivity contribution in [3.63, 3.8) is 0 Å². The van der Waals surface area contributed by atoms with Crippen LogP contribution in [0.2, 0.25) is 0 Å². The SMILES string of the molecule is N#Cc1ccc(S(=O)(=O)Nc2cccc(C#N)c2)cc1. The minimum Gasteiger partial charge on any atom is -0.280 e. The highest BCUT2D eigenvalue weighted by Gasteiger charge is 2.14. The smallest absolute Gasteiger partial charge is 0.261 e. The first kappa shape index (κ1) is 13.6. The lowest BCUT2D eigenvalue weighted by atomic mass is 10.2. The molecule has 20 heavy (non-hydrogen) atoms. The molecule has 2 rings (SSSR count). The number of benzene rings is 2. The second-order valence-electron chi connectivity index (χ2n) is 3.93. The topological polar surface area (TPSA) is 93.8 Å². The molecule has 0 saturated heterocycles. The molecule has 0 spiro atoms. The molecule has 5 nitrogen and oxygen atoms in total. The van der Waals surface area contributed by atoms with E-state index in [1.807, 2.05) is 12.1 Å². The molecule has 0 saturated carbocycles. The normalized spacial score (nSPS) is 10.3. The standard InChI is InChI=1S/C14H9N3O2S/c15-9-11-4-6-14(7-5-11)20(18,19)17-13-3-1-2-12(8-13)10-16/h1-8,17H. The van der Waals surface area contributed by atoms with E-state index >= 15 is 0 Å². The summed E-state index contributed by atoms with van der Waals surface area (Å²) in [6.07, 6.45) is 0. The van der Waals surface area contributed by atoms with Crippen LogP contribution in [0.3, 0.4) is 0 Å². The average molecular weight is 283 g/mol. The third-order valence-corrected chi connectivity index (χ3v) is 3.93. The molecule has 0 amide bonds. The Morgan fingerprint density at radius 1 is 0.900 bits per heavy atom. The van der Waals surface area contributed by atoms with Gasteiger partial charge in [-0.05, 0) is 42.5 Å². The van der Waals surface area contributed by atoms with Gasteiger partial charge in [0.05, 0.1) is 33.8 Å². The van der Waals surface area contributed by atoms with Gasteiger partial charge in [0.2, 0.25) is 0 Å². The Labute approximate surface area is 116 Å². The van der Waals surface area contributed by atoms with Crippen LogP contribution in [0.15, 0.2) is 53.4 Å². The quantitative estimate of drug-likeness (QED) is 0.934. The van der Waals surface area contributed by atoms with E-state index in [4.69, 9.17) is 10.5 Å². The maximum Gasteiger partial charge on any atom is 0.261 e. The molecular weight excluding hydrogens is 274 g/mol. The summed E-state index contributed by atoms with van der Waals surface area (Å²) in [6.45, 7) is 0. The Morgan fingerprint density at radius 2 is 1.55 bits per heavy atom. The summed E-state index contributed by atoms with van der Waals surface area (Å²) in [5, 5.41) is 17.5. The van der Waals surface area contributed by atoms with Gasteiger partial charge in [-0.3, -0.25) is 4.72 Å². The zero-order valence-electron chi connectivity index (χ0n) is 10.2. The Balaban J connectivity index is 2.31. The third kappa shape index (κ3) is 2.94. The van der Waals surface area contributed by atoms with Crippen LogP contribution in [0.25, 0.3) is 0 Å². The monoisotopic (exact) mass is 283 g/mol. The molecule has 0 unspecified atom stereocenters. The number of nitriles is 2. The minimum absolute atomic E-state index is 0.0545. The van der Waals surface area contributed by atoms with E-state index in [9.17, 15) is 8.42 Å². The number of hydrogen-bond acceptors (Lipinski definition) is 4. The average Bonchev–Trinajstić information content (AvgIpc) is 2.47. The van der Waals surface area contributed by atoms with Gasteiger partial charge in [-0.1, -0.05) is 6.07 Å². The Kier molecular flexibility index (Phi) is 3.69. The predicted molar refractivity (Wildman–Crippen MR) is 73.1 cm³/mol. The van der Waals surface area contributed by atoms with Gasteiger partial charge in [0.15, 0.2) is 0 Å². The maximum absolute atomic E-state index is 12.1. The first-order chi connectivity index (χ1) is 9.55. The van der Waals surface area contributed by atoms with Gasteiger partial charge >= 0.3 is 0 Å². The highest BCUT2D eigenvalue weighted by molar-refractivity contribution is 7.92. The summed E-state index contributed by atoms with van der Waals surface area (Å²) in [7, 11) is -3.73. The van der Waals surface area contributed by atoms with Gasteiger partial charge in [0, 0.05) is 0 Å². The molecule has 0 aliphatic carbocycles. The highest BCUT2D eigenvalue weighted by Crippen LogP contribution is 2.17. The summed E-state index contributed by atoms with van der Waals surface area (Å²) < 4.78 is 26.6. The van der Waals surface area contributed by atoms with Gasteiger partial charge in [-0.15, -0.1) is 0 Å². The number of sulfonamides is 1. The number of anilines is 1. The fraction of sp³-hybridized carbons (Fsp3) is 0. The van der Waals surface area contributed by atoms with Gasteiger partial charge in [0.25, 0.3) is 10.0 Å². The summed E-state index contributed by atoms with van der Waals surface area (Å²) in [5.74, 6) is 0. The largest absolute Gasteiger partial charge is 0.280 e. The number of nitrogens with one attached hydrogen (secondary N) is 1. The third-order valence-electron chi connectivity index (χ3n) is 2.54. The van der Waals surface area contributed by atoms with E-state index in [2.05, 4.69) is 4.72 Å². The van der Waals surface area contributed by atoms with E-state index < -0.39 is 10.0 Å². The van der Waals surface area contributed by atoms with Crippen molar-refractivity contribution in [2.24, 2.45) is 0 Å². The first-order valence-electron chi connectivity index (χ1n) is 5.58. The van der Waals surface area contributed by atoms with Gasteiger partial charge in [-0.25, -0.2) is 8.42 Å². The van der Waals surface area contributed by atoms with E-state index in [1.165, 1.54) is 30.3 Å². The molecular formula is C14H9N3O2S. The number of rotatable bonds is 3. The predicted octanol–water partition coefficient (Wildman–Crippen LogP) is 2.23. The van der Waals surface area contributed by atoms with Crippen LogP contribution in [0.1, 0.15) is 11.1 Å². The van der Waals surface area contributed by atoms with Crippen LogP contribution < -0.4 is 4.72 Å². The van der Waals surface area contributed by atoms with Crippen LogP contribution in [-0.4, -0.2) is 8.42 Å².